The van der Waals surface area contributed by atoms with E-state index in [1.54, 1.807) is 33.3 Å². The van der Waals surface area contributed by atoms with Crippen molar-refractivity contribution in [2.75, 3.05) is 40.8 Å². The Kier molecular flexibility index (Phi) is 8.07. The van der Waals surface area contributed by atoms with Gasteiger partial charge in [0.25, 0.3) is 0 Å². The van der Waals surface area contributed by atoms with E-state index in [4.69, 9.17) is 0 Å². The van der Waals surface area contributed by atoms with Crippen molar-refractivity contribution >= 4 is 16.0 Å². The van der Waals surface area contributed by atoms with Crippen molar-refractivity contribution in [2.24, 2.45) is 4.99 Å². The molecule has 1 aliphatic heterocycles. The molecular weight excluding hydrogens is 362 g/mol. The quantitative estimate of drug-likeness (QED) is 0.540. The van der Waals surface area contributed by atoms with Gasteiger partial charge in [-0.25, -0.2) is 12.7 Å². The average molecular weight is 396 g/mol. The number of rotatable bonds is 7. The fourth-order valence-electron chi connectivity index (χ4n) is 3.28. The molecule has 1 aromatic carbocycles. The third-order valence-electron chi connectivity index (χ3n) is 4.87. The number of piperidine rings is 1. The van der Waals surface area contributed by atoms with Crippen LogP contribution in [0, 0.1) is 0 Å². The van der Waals surface area contributed by atoms with Crippen LogP contribution in [0.2, 0.25) is 0 Å². The van der Waals surface area contributed by atoms with E-state index >= 15 is 0 Å². The van der Waals surface area contributed by atoms with Crippen LogP contribution in [0.1, 0.15) is 31.7 Å². The second kappa shape index (κ2) is 10.1. The molecule has 0 saturated carbocycles. The number of likely N-dealkylation sites (tertiary alicyclic amines) is 1. The summed E-state index contributed by atoms with van der Waals surface area (Å²) >= 11 is 0. The Morgan fingerprint density at radius 3 is 2.52 bits per heavy atom. The zero-order valence-corrected chi connectivity index (χ0v) is 17.7. The van der Waals surface area contributed by atoms with Crippen LogP contribution in [0.3, 0.4) is 0 Å². The standard InChI is InChI=1S/C19H33N5O2S/c1-5-12-24-13-10-17(11-14-24)22-19(20-2)21-15-16-8-6-7-9-18(16)27(25,26)23(3)4/h6-9,17H,5,10-15H2,1-4H3,(H2,20,21,22). The number of sulfonamides is 1. The largest absolute Gasteiger partial charge is 0.354 e. The van der Waals surface area contributed by atoms with Crippen molar-refractivity contribution in [1.29, 1.82) is 0 Å². The average Bonchev–Trinajstić information content (AvgIpc) is 2.66. The predicted molar refractivity (Wildman–Crippen MR) is 110 cm³/mol. The molecule has 1 aliphatic rings. The lowest BCUT2D eigenvalue weighted by Crippen LogP contribution is -2.48. The maximum atomic E-state index is 12.5. The SMILES string of the molecule is CCCN1CCC(NC(=NC)NCc2ccccc2S(=O)(=O)N(C)C)CC1. The van der Waals surface area contributed by atoms with Crippen molar-refractivity contribution in [2.45, 2.75) is 43.7 Å². The summed E-state index contributed by atoms with van der Waals surface area (Å²) in [7, 11) is 1.36. The Morgan fingerprint density at radius 2 is 1.93 bits per heavy atom. The summed E-state index contributed by atoms with van der Waals surface area (Å²) in [6.07, 6.45) is 3.37. The van der Waals surface area contributed by atoms with Crippen LogP contribution >= 0.6 is 0 Å². The highest BCUT2D eigenvalue weighted by Gasteiger charge is 2.22. The van der Waals surface area contributed by atoms with E-state index in [0.29, 0.717) is 23.4 Å². The van der Waals surface area contributed by atoms with Crippen LogP contribution in [-0.4, -0.2) is 70.4 Å². The lowest BCUT2D eigenvalue weighted by Gasteiger charge is -2.32. The van der Waals surface area contributed by atoms with E-state index in [9.17, 15) is 8.42 Å². The second-order valence-corrected chi connectivity index (χ2v) is 9.20. The molecule has 0 aliphatic carbocycles. The molecule has 0 bridgehead atoms. The number of nitrogens with zero attached hydrogens (tertiary/aromatic N) is 3. The molecule has 1 aromatic rings. The van der Waals surface area contributed by atoms with Crippen LogP contribution in [0.25, 0.3) is 0 Å². The molecule has 0 aromatic heterocycles. The molecule has 1 heterocycles. The molecule has 1 fully saturated rings. The minimum absolute atomic E-state index is 0.325. The molecule has 0 atom stereocenters. The first-order chi connectivity index (χ1) is 12.9. The van der Waals surface area contributed by atoms with Gasteiger partial charge in [0.05, 0.1) is 4.90 Å². The van der Waals surface area contributed by atoms with E-state index in [1.165, 1.54) is 10.7 Å². The van der Waals surface area contributed by atoms with Gasteiger partial charge in [-0.1, -0.05) is 25.1 Å². The zero-order valence-electron chi connectivity index (χ0n) is 16.9. The first-order valence-corrected chi connectivity index (χ1v) is 11.0. The van der Waals surface area contributed by atoms with Gasteiger partial charge in [-0.15, -0.1) is 0 Å². The summed E-state index contributed by atoms with van der Waals surface area (Å²) in [5, 5.41) is 6.73. The first-order valence-electron chi connectivity index (χ1n) is 9.58. The number of nitrogens with one attached hydrogen (secondary N) is 2. The van der Waals surface area contributed by atoms with Gasteiger partial charge < -0.3 is 15.5 Å². The Bertz CT molecular complexity index is 725. The highest BCUT2D eigenvalue weighted by Crippen LogP contribution is 2.18. The molecule has 0 unspecified atom stereocenters. The summed E-state index contributed by atoms with van der Waals surface area (Å²) in [4.78, 5) is 7.12. The number of hydrogen-bond acceptors (Lipinski definition) is 4. The van der Waals surface area contributed by atoms with Gasteiger partial charge in [-0.05, 0) is 37.4 Å². The molecule has 7 nitrogen and oxygen atoms in total. The molecule has 0 spiro atoms. The van der Waals surface area contributed by atoms with Crippen molar-refractivity contribution in [3.05, 3.63) is 29.8 Å². The smallest absolute Gasteiger partial charge is 0.242 e. The highest BCUT2D eigenvalue weighted by atomic mass is 32.2. The molecular formula is C19H33N5O2S. The minimum atomic E-state index is -3.47. The maximum absolute atomic E-state index is 12.5. The monoisotopic (exact) mass is 395 g/mol. The number of guanidine groups is 1. The van der Waals surface area contributed by atoms with Crippen molar-refractivity contribution < 1.29 is 8.42 Å². The molecule has 2 N–H and O–H groups in total. The van der Waals surface area contributed by atoms with E-state index < -0.39 is 10.0 Å². The van der Waals surface area contributed by atoms with Crippen LogP contribution in [-0.2, 0) is 16.6 Å². The summed E-state index contributed by atoms with van der Waals surface area (Å²) < 4.78 is 26.3. The number of hydrogen-bond donors (Lipinski definition) is 2. The fraction of sp³-hybridized carbons (Fsp3) is 0.632. The Morgan fingerprint density at radius 1 is 1.26 bits per heavy atom. The van der Waals surface area contributed by atoms with Gasteiger partial charge in [0.1, 0.15) is 0 Å². The van der Waals surface area contributed by atoms with Gasteiger partial charge in [0.15, 0.2) is 5.96 Å². The van der Waals surface area contributed by atoms with E-state index in [2.05, 4.69) is 27.4 Å². The summed E-state index contributed by atoms with van der Waals surface area (Å²) in [6.45, 7) is 5.98. The van der Waals surface area contributed by atoms with Gasteiger partial charge >= 0.3 is 0 Å². The Labute approximate surface area is 163 Å². The van der Waals surface area contributed by atoms with Crippen LogP contribution in [0.5, 0.6) is 0 Å². The van der Waals surface area contributed by atoms with Crippen LogP contribution in [0.15, 0.2) is 34.2 Å². The van der Waals surface area contributed by atoms with Gasteiger partial charge in [-0.3, -0.25) is 4.99 Å². The van der Waals surface area contributed by atoms with E-state index in [-0.39, 0.29) is 0 Å². The van der Waals surface area contributed by atoms with Gasteiger partial charge in [0, 0.05) is 46.8 Å². The van der Waals surface area contributed by atoms with Crippen molar-refractivity contribution in [3.63, 3.8) is 0 Å². The first kappa shape index (κ1) is 21.7. The summed E-state index contributed by atoms with van der Waals surface area (Å²) in [5.41, 5.74) is 0.729. The van der Waals surface area contributed by atoms with E-state index in [0.717, 1.165) is 38.0 Å². The molecule has 8 heteroatoms. The molecule has 152 valence electrons. The van der Waals surface area contributed by atoms with Crippen LogP contribution < -0.4 is 10.6 Å². The van der Waals surface area contributed by atoms with Crippen molar-refractivity contribution in [1.82, 2.24) is 19.8 Å². The topological polar surface area (TPSA) is 77.0 Å². The van der Waals surface area contributed by atoms with Crippen LogP contribution in [0.4, 0.5) is 0 Å². The van der Waals surface area contributed by atoms with E-state index in [1.807, 2.05) is 12.1 Å². The molecule has 0 radical (unpaired) electrons. The molecule has 2 rings (SSSR count). The fourth-order valence-corrected chi connectivity index (χ4v) is 4.40. The number of benzene rings is 1. The van der Waals surface area contributed by atoms with Crippen molar-refractivity contribution in [3.8, 4) is 0 Å². The third-order valence-corrected chi connectivity index (χ3v) is 6.78. The second-order valence-electron chi connectivity index (χ2n) is 7.08. The van der Waals surface area contributed by atoms with Gasteiger partial charge in [0.2, 0.25) is 10.0 Å². The maximum Gasteiger partial charge on any atom is 0.242 e. The Balaban J connectivity index is 1.96. The lowest BCUT2D eigenvalue weighted by molar-refractivity contribution is 0.206. The molecule has 27 heavy (non-hydrogen) atoms. The highest BCUT2D eigenvalue weighted by molar-refractivity contribution is 7.89. The molecule has 0 amide bonds. The zero-order chi connectivity index (χ0) is 19.9. The summed E-state index contributed by atoms with van der Waals surface area (Å²) in [6, 6.07) is 7.47. The normalized spacial score (nSPS) is 17.3. The predicted octanol–water partition coefficient (Wildman–Crippen LogP) is 1.48. The lowest BCUT2D eigenvalue weighted by atomic mass is 10.1. The minimum Gasteiger partial charge on any atom is -0.354 e. The Hall–Kier alpha value is -1.64. The molecule has 1 saturated heterocycles. The number of aliphatic imine (C=N–C) groups is 1. The third kappa shape index (κ3) is 5.92. The summed E-state index contributed by atoms with van der Waals surface area (Å²) in [5.74, 6) is 0.709. The van der Waals surface area contributed by atoms with Gasteiger partial charge in [-0.2, -0.15) is 0 Å².